The number of furan rings is 1. The van der Waals surface area contributed by atoms with Gasteiger partial charge in [0, 0.05) is 21.5 Å². The largest absolute Gasteiger partial charge is 0.454 e. The molecule has 0 unspecified atom stereocenters. The first-order valence-corrected chi connectivity index (χ1v) is 9.58. The Morgan fingerprint density at radius 1 is 0.586 bits per heavy atom. The highest BCUT2D eigenvalue weighted by Gasteiger charge is 2.21. The lowest BCUT2D eigenvalue weighted by Crippen LogP contribution is -1.93. The van der Waals surface area contributed by atoms with Crippen molar-refractivity contribution in [2.75, 3.05) is 0 Å². The van der Waals surface area contributed by atoms with Crippen molar-refractivity contribution in [2.24, 2.45) is 0 Å². The predicted octanol–water partition coefficient (Wildman–Crippen LogP) is 6.82. The SMILES string of the molecule is c1ccc2oc(-n3c4ccccc4c4ccc5c6ccccc6oc5c43)nc2c1. The van der Waals surface area contributed by atoms with Crippen LogP contribution in [0.25, 0.3) is 60.9 Å². The van der Waals surface area contributed by atoms with E-state index < -0.39 is 0 Å². The molecule has 0 aliphatic heterocycles. The van der Waals surface area contributed by atoms with E-state index in [9.17, 15) is 0 Å². The van der Waals surface area contributed by atoms with Crippen molar-refractivity contribution in [1.29, 1.82) is 0 Å². The lowest BCUT2D eigenvalue weighted by molar-refractivity contribution is 0.573. The fraction of sp³-hybridized carbons (Fsp3) is 0. The van der Waals surface area contributed by atoms with Crippen LogP contribution in [0.15, 0.2) is 93.8 Å². The number of para-hydroxylation sites is 4. The molecule has 0 radical (unpaired) electrons. The topological polar surface area (TPSA) is 44.1 Å². The van der Waals surface area contributed by atoms with Crippen LogP contribution in [0.2, 0.25) is 0 Å². The molecule has 4 aromatic carbocycles. The summed E-state index contributed by atoms with van der Waals surface area (Å²) in [4.78, 5) is 4.77. The molecule has 4 nitrogen and oxygen atoms in total. The molecular formula is C25H14N2O2. The van der Waals surface area contributed by atoms with Gasteiger partial charge in [-0.25, -0.2) is 0 Å². The third kappa shape index (κ3) is 1.90. The summed E-state index contributed by atoms with van der Waals surface area (Å²) < 4.78 is 14.6. The first-order chi connectivity index (χ1) is 14.4. The number of hydrogen-bond donors (Lipinski definition) is 0. The minimum atomic E-state index is 0.547. The van der Waals surface area contributed by atoms with E-state index in [0.717, 1.165) is 54.8 Å². The van der Waals surface area contributed by atoms with Gasteiger partial charge >= 0.3 is 6.01 Å². The zero-order chi connectivity index (χ0) is 18.9. The van der Waals surface area contributed by atoms with Gasteiger partial charge in [0.1, 0.15) is 16.6 Å². The van der Waals surface area contributed by atoms with Crippen molar-refractivity contribution in [2.45, 2.75) is 0 Å². The van der Waals surface area contributed by atoms with E-state index in [4.69, 9.17) is 13.8 Å². The number of hydrogen-bond acceptors (Lipinski definition) is 3. The van der Waals surface area contributed by atoms with E-state index in [1.165, 1.54) is 0 Å². The summed E-state index contributed by atoms with van der Waals surface area (Å²) >= 11 is 0. The molecule has 0 aliphatic rings. The molecule has 0 spiro atoms. The van der Waals surface area contributed by atoms with Crippen molar-refractivity contribution in [1.82, 2.24) is 9.55 Å². The maximum Gasteiger partial charge on any atom is 0.307 e. The van der Waals surface area contributed by atoms with Crippen molar-refractivity contribution < 1.29 is 8.83 Å². The van der Waals surface area contributed by atoms with Gasteiger partial charge in [0.05, 0.1) is 5.52 Å². The number of rotatable bonds is 1. The number of nitrogens with zero attached hydrogens (tertiary/aromatic N) is 2. The second-order valence-electron chi connectivity index (χ2n) is 7.25. The average Bonchev–Trinajstić information content (AvgIpc) is 3.44. The first kappa shape index (κ1) is 14.9. The molecule has 0 saturated carbocycles. The summed E-state index contributed by atoms with van der Waals surface area (Å²) in [5.74, 6) is 0. The quantitative estimate of drug-likeness (QED) is 0.316. The van der Waals surface area contributed by atoms with E-state index in [2.05, 4.69) is 41.0 Å². The lowest BCUT2D eigenvalue weighted by atomic mass is 10.1. The highest BCUT2D eigenvalue weighted by Crippen LogP contribution is 2.40. The molecule has 3 heterocycles. The third-order valence-electron chi connectivity index (χ3n) is 5.65. The Labute approximate surface area is 164 Å². The van der Waals surface area contributed by atoms with Crippen LogP contribution in [0.1, 0.15) is 0 Å². The predicted molar refractivity (Wildman–Crippen MR) is 116 cm³/mol. The third-order valence-corrected chi connectivity index (χ3v) is 5.65. The Morgan fingerprint density at radius 2 is 1.31 bits per heavy atom. The van der Waals surface area contributed by atoms with E-state index >= 15 is 0 Å². The van der Waals surface area contributed by atoms with Gasteiger partial charge in [-0.2, -0.15) is 4.98 Å². The number of oxazole rings is 1. The van der Waals surface area contributed by atoms with Gasteiger partial charge in [-0.3, -0.25) is 4.57 Å². The van der Waals surface area contributed by atoms with Crippen molar-refractivity contribution in [3.63, 3.8) is 0 Å². The standard InChI is InChI=1S/C25H14N2O2/c1-4-10-20-15(7-1)17-13-14-18-16-8-2-5-11-21(16)28-24(18)23(17)27(20)25-26-19-9-3-6-12-22(19)29-25/h1-14H. The van der Waals surface area contributed by atoms with Crippen LogP contribution in [0.4, 0.5) is 0 Å². The molecule has 0 fully saturated rings. The molecule has 0 bridgehead atoms. The minimum absolute atomic E-state index is 0.547. The second-order valence-corrected chi connectivity index (χ2v) is 7.25. The van der Waals surface area contributed by atoms with Crippen LogP contribution in [0.3, 0.4) is 0 Å². The normalized spacial score (nSPS) is 12.1. The molecule has 136 valence electrons. The van der Waals surface area contributed by atoms with Gasteiger partial charge in [0.15, 0.2) is 11.2 Å². The monoisotopic (exact) mass is 374 g/mol. The Morgan fingerprint density at radius 3 is 2.21 bits per heavy atom. The first-order valence-electron chi connectivity index (χ1n) is 9.58. The molecule has 0 aliphatic carbocycles. The summed E-state index contributed by atoms with van der Waals surface area (Å²) in [6.07, 6.45) is 0. The maximum atomic E-state index is 6.34. The molecule has 0 atom stereocenters. The van der Waals surface area contributed by atoms with E-state index in [-0.39, 0.29) is 0 Å². The van der Waals surface area contributed by atoms with Crippen molar-refractivity contribution in [3.8, 4) is 6.01 Å². The zero-order valence-electron chi connectivity index (χ0n) is 15.3. The van der Waals surface area contributed by atoms with E-state index in [1.54, 1.807) is 0 Å². The van der Waals surface area contributed by atoms with Gasteiger partial charge in [-0.1, -0.05) is 54.6 Å². The Hall–Kier alpha value is -4.05. The van der Waals surface area contributed by atoms with Crippen molar-refractivity contribution >= 4 is 54.8 Å². The number of aromatic nitrogens is 2. The fourth-order valence-corrected chi connectivity index (χ4v) is 4.39. The van der Waals surface area contributed by atoms with Crippen LogP contribution in [-0.4, -0.2) is 9.55 Å². The van der Waals surface area contributed by atoms with Crippen LogP contribution in [-0.2, 0) is 0 Å². The zero-order valence-corrected chi connectivity index (χ0v) is 15.3. The van der Waals surface area contributed by atoms with Gasteiger partial charge in [-0.15, -0.1) is 0 Å². The summed E-state index contributed by atoms with van der Waals surface area (Å²) in [5, 5.41) is 4.47. The summed E-state index contributed by atoms with van der Waals surface area (Å²) in [5.41, 5.74) is 5.36. The van der Waals surface area contributed by atoms with Gasteiger partial charge in [-0.05, 0) is 30.3 Å². The second kappa shape index (κ2) is 5.26. The smallest absolute Gasteiger partial charge is 0.307 e. The highest BCUT2D eigenvalue weighted by atomic mass is 16.4. The molecule has 0 N–H and O–H groups in total. The van der Waals surface area contributed by atoms with Crippen LogP contribution < -0.4 is 0 Å². The molecule has 29 heavy (non-hydrogen) atoms. The molecule has 3 aromatic heterocycles. The van der Waals surface area contributed by atoms with Gasteiger partial charge in [0.25, 0.3) is 0 Å². The van der Waals surface area contributed by atoms with Crippen molar-refractivity contribution in [3.05, 3.63) is 84.9 Å². The summed E-state index contributed by atoms with van der Waals surface area (Å²) in [6, 6.07) is 29.2. The van der Waals surface area contributed by atoms with Crippen LogP contribution in [0, 0.1) is 0 Å². The Kier molecular flexibility index (Phi) is 2.71. The van der Waals surface area contributed by atoms with E-state index in [0.29, 0.717) is 6.01 Å². The molecule has 0 saturated heterocycles. The van der Waals surface area contributed by atoms with Gasteiger partial charge < -0.3 is 8.83 Å². The minimum Gasteiger partial charge on any atom is -0.454 e. The molecule has 7 aromatic rings. The highest BCUT2D eigenvalue weighted by molar-refractivity contribution is 6.21. The maximum absolute atomic E-state index is 6.34. The van der Waals surface area contributed by atoms with E-state index in [1.807, 2.05) is 48.5 Å². The summed E-state index contributed by atoms with van der Waals surface area (Å²) in [7, 11) is 0. The molecular weight excluding hydrogens is 360 g/mol. The molecule has 0 amide bonds. The molecule has 7 rings (SSSR count). The summed E-state index contributed by atoms with van der Waals surface area (Å²) in [6.45, 7) is 0. The fourth-order valence-electron chi connectivity index (χ4n) is 4.39. The lowest BCUT2D eigenvalue weighted by Gasteiger charge is -2.02. The average molecular weight is 374 g/mol. The van der Waals surface area contributed by atoms with Crippen LogP contribution >= 0.6 is 0 Å². The Balaban J connectivity index is 1.74. The van der Waals surface area contributed by atoms with Crippen LogP contribution in [0.5, 0.6) is 0 Å². The number of fused-ring (bicyclic) bond motifs is 8. The van der Waals surface area contributed by atoms with Gasteiger partial charge in [0.2, 0.25) is 0 Å². The number of benzene rings is 4. The Bertz CT molecular complexity index is 1680. The molecule has 4 heteroatoms.